The Morgan fingerprint density at radius 2 is 1.37 bits per heavy atom. The van der Waals surface area contributed by atoms with Crippen molar-refractivity contribution in [2.45, 2.75) is 0 Å². The summed E-state index contributed by atoms with van der Waals surface area (Å²) < 4.78 is 11.0. The van der Waals surface area contributed by atoms with E-state index in [0.717, 1.165) is 26.6 Å². The van der Waals surface area contributed by atoms with Gasteiger partial charge in [0.15, 0.2) is 0 Å². The molecule has 0 bridgehead atoms. The lowest BCUT2D eigenvalue weighted by molar-refractivity contribution is 0.0559. The minimum absolute atomic E-state index is 0.239. The Bertz CT molecular complexity index is 1180. The Balaban J connectivity index is 2.25. The molecule has 0 N–H and O–H groups in total. The zero-order valence-corrected chi connectivity index (χ0v) is 15.6. The van der Waals surface area contributed by atoms with E-state index in [1.54, 1.807) is 11.3 Å². The molecule has 4 aromatic rings. The van der Waals surface area contributed by atoms with Crippen molar-refractivity contribution >= 4 is 44.1 Å². The first-order valence-electron chi connectivity index (χ1n) is 8.35. The van der Waals surface area contributed by atoms with E-state index in [-0.39, 0.29) is 11.1 Å². The average Bonchev–Trinajstić information content (AvgIpc) is 3.17. The van der Waals surface area contributed by atoms with Crippen molar-refractivity contribution in [3.8, 4) is 11.1 Å². The van der Waals surface area contributed by atoms with E-state index in [1.807, 2.05) is 60.0 Å². The SMILES string of the molecule is COC(=O)c1c(C(=O)OC)c2c(-c3ccccc3)csc2c2ccccc12. The van der Waals surface area contributed by atoms with Gasteiger partial charge in [0.25, 0.3) is 0 Å². The van der Waals surface area contributed by atoms with Crippen LogP contribution in [0.1, 0.15) is 20.7 Å². The molecule has 1 heterocycles. The summed E-state index contributed by atoms with van der Waals surface area (Å²) in [5, 5.41) is 4.32. The average molecular weight is 376 g/mol. The minimum atomic E-state index is -0.557. The fraction of sp³-hybridized carbons (Fsp3) is 0.0909. The van der Waals surface area contributed by atoms with Gasteiger partial charge >= 0.3 is 11.9 Å². The molecule has 4 rings (SSSR count). The number of fused-ring (bicyclic) bond motifs is 3. The van der Waals surface area contributed by atoms with Crippen molar-refractivity contribution in [2.24, 2.45) is 0 Å². The van der Waals surface area contributed by atoms with E-state index in [4.69, 9.17) is 9.47 Å². The topological polar surface area (TPSA) is 52.6 Å². The molecule has 0 unspecified atom stereocenters. The summed E-state index contributed by atoms with van der Waals surface area (Å²) >= 11 is 1.55. The van der Waals surface area contributed by atoms with Crippen LogP contribution in [0.4, 0.5) is 0 Å². The number of carbonyl (C=O) groups is 2. The minimum Gasteiger partial charge on any atom is -0.465 e. The summed E-state index contributed by atoms with van der Waals surface area (Å²) in [6.07, 6.45) is 0. The highest BCUT2D eigenvalue weighted by atomic mass is 32.1. The van der Waals surface area contributed by atoms with Gasteiger partial charge in [-0.15, -0.1) is 11.3 Å². The maximum atomic E-state index is 12.8. The number of rotatable bonds is 3. The molecule has 0 aliphatic carbocycles. The van der Waals surface area contributed by atoms with Gasteiger partial charge in [-0.05, 0) is 16.3 Å². The van der Waals surface area contributed by atoms with Crippen LogP contribution in [-0.2, 0) is 9.47 Å². The molecule has 0 amide bonds. The molecule has 0 saturated heterocycles. The molecule has 4 nitrogen and oxygen atoms in total. The predicted molar refractivity (Wildman–Crippen MR) is 107 cm³/mol. The van der Waals surface area contributed by atoms with Crippen molar-refractivity contribution in [1.29, 1.82) is 0 Å². The van der Waals surface area contributed by atoms with Crippen molar-refractivity contribution in [3.05, 3.63) is 71.1 Å². The second kappa shape index (κ2) is 6.85. The number of ether oxygens (including phenoxy) is 2. The van der Waals surface area contributed by atoms with Crippen LogP contribution in [0.2, 0.25) is 0 Å². The second-order valence-electron chi connectivity index (χ2n) is 6.00. The highest BCUT2D eigenvalue weighted by molar-refractivity contribution is 7.19. The van der Waals surface area contributed by atoms with Gasteiger partial charge in [0, 0.05) is 21.0 Å². The lowest BCUT2D eigenvalue weighted by Gasteiger charge is -2.14. The Hall–Kier alpha value is -3.18. The van der Waals surface area contributed by atoms with Crippen molar-refractivity contribution in [1.82, 2.24) is 0 Å². The van der Waals surface area contributed by atoms with Crippen LogP contribution in [0, 0.1) is 0 Å². The van der Waals surface area contributed by atoms with Crippen LogP contribution in [0.25, 0.3) is 32.0 Å². The highest BCUT2D eigenvalue weighted by Crippen LogP contribution is 2.43. The summed E-state index contributed by atoms with van der Waals surface area (Å²) in [5.41, 5.74) is 2.35. The number of hydrogen-bond donors (Lipinski definition) is 0. The van der Waals surface area contributed by atoms with Gasteiger partial charge in [0.05, 0.1) is 25.3 Å². The molecule has 0 radical (unpaired) electrons. The molecule has 134 valence electrons. The highest BCUT2D eigenvalue weighted by Gasteiger charge is 2.28. The Kier molecular flexibility index (Phi) is 4.38. The maximum Gasteiger partial charge on any atom is 0.339 e. The standard InChI is InChI=1S/C22H16O4S/c1-25-21(23)18-14-10-6-7-11-15(14)20-17(19(18)22(24)26-2)16(12-27-20)13-8-4-3-5-9-13/h3-12H,1-2H3. The van der Waals surface area contributed by atoms with Crippen LogP contribution in [0.5, 0.6) is 0 Å². The zero-order chi connectivity index (χ0) is 19.0. The van der Waals surface area contributed by atoms with Crippen LogP contribution in [-0.4, -0.2) is 26.2 Å². The van der Waals surface area contributed by atoms with Crippen LogP contribution in [0.3, 0.4) is 0 Å². The number of esters is 2. The lowest BCUT2D eigenvalue weighted by atomic mass is 9.92. The fourth-order valence-corrected chi connectivity index (χ4v) is 4.54. The van der Waals surface area contributed by atoms with Gasteiger partial charge in [-0.2, -0.15) is 0 Å². The quantitative estimate of drug-likeness (QED) is 0.456. The molecule has 0 spiro atoms. The molecule has 0 atom stereocenters. The number of benzene rings is 3. The molecule has 5 heteroatoms. The third-order valence-corrected chi connectivity index (χ3v) is 5.61. The van der Waals surface area contributed by atoms with E-state index >= 15 is 0 Å². The summed E-state index contributed by atoms with van der Waals surface area (Å²) in [6, 6.07) is 17.3. The summed E-state index contributed by atoms with van der Waals surface area (Å²) in [4.78, 5) is 25.4. The van der Waals surface area contributed by atoms with E-state index in [0.29, 0.717) is 5.39 Å². The Morgan fingerprint density at radius 1 is 0.778 bits per heavy atom. The maximum absolute atomic E-state index is 12.8. The molecule has 1 aromatic heterocycles. The van der Waals surface area contributed by atoms with Crippen LogP contribution in [0.15, 0.2) is 60.0 Å². The van der Waals surface area contributed by atoms with Gasteiger partial charge in [-0.25, -0.2) is 9.59 Å². The van der Waals surface area contributed by atoms with E-state index in [2.05, 4.69) is 0 Å². The van der Waals surface area contributed by atoms with Crippen LogP contribution < -0.4 is 0 Å². The van der Waals surface area contributed by atoms with Gasteiger partial charge in [0.2, 0.25) is 0 Å². The second-order valence-corrected chi connectivity index (χ2v) is 6.88. The smallest absolute Gasteiger partial charge is 0.339 e. The third-order valence-electron chi connectivity index (χ3n) is 4.60. The fourth-order valence-electron chi connectivity index (χ4n) is 3.41. The molecular weight excluding hydrogens is 360 g/mol. The number of carbonyl (C=O) groups excluding carboxylic acids is 2. The van der Waals surface area contributed by atoms with Crippen molar-refractivity contribution in [2.75, 3.05) is 14.2 Å². The normalized spacial score (nSPS) is 10.9. The molecule has 0 aliphatic rings. The number of thiophene rings is 1. The van der Waals surface area contributed by atoms with Crippen molar-refractivity contribution < 1.29 is 19.1 Å². The van der Waals surface area contributed by atoms with Crippen molar-refractivity contribution in [3.63, 3.8) is 0 Å². The molecule has 3 aromatic carbocycles. The van der Waals surface area contributed by atoms with Gasteiger partial charge in [-0.1, -0.05) is 54.6 Å². The molecular formula is C22H16O4S. The molecule has 27 heavy (non-hydrogen) atoms. The van der Waals surface area contributed by atoms with Gasteiger partial charge in [0.1, 0.15) is 0 Å². The first-order valence-corrected chi connectivity index (χ1v) is 9.23. The Labute approximate surface area is 160 Å². The summed E-state index contributed by atoms with van der Waals surface area (Å²) in [5.74, 6) is -1.11. The first kappa shape index (κ1) is 17.2. The predicted octanol–water partition coefficient (Wildman–Crippen LogP) is 5.29. The summed E-state index contributed by atoms with van der Waals surface area (Å²) in [7, 11) is 2.63. The Morgan fingerprint density at radius 3 is 2.04 bits per heavy atom. The molecule has 0 aliphatic heterocycles. The van der Waals surface area contributed by atoms with Crippen LogP contribution >= 0.6 is 11.3 Å². The number of methoxy groups -OCH3 is 2. The largest absolute Gasteiger partial charge is 0.465 e. The zero-order valence-electron chi connectivity index (χ0n) is 14.8. The molecule has 0 saturated carbocycles. The third kappa shape index (κ3) is 2.67. The van der Waals surface area contributed by atoms with E-state index in [9.17, 15) is 9.59 Å². The van der Waals surface area contributed by atoms with E-state index in [1.165, 1.54) is 14.2 Å². The first-order chi connectivity index (χ1) is 13.2. The van der Waals surface area contributed by atoms with E-state index < -0.39 is 11.9 Å². The lowest BCUT2D eigenvalue weighted by Crippen LogP contribution is -2.13. The van der Waals surface area contributed by atoms with Gasteiger partial charge in [-0.3, -0.25) is 0 Å². The molecule has 0 fully saturated rings. The number of hydrogen-bond acceptors (Lipinski definition) is 5. The summed E-state index contributed by atoms with van der Waals surface area (Å²) in [6.45, 7) is 0. The van der Waals surface area contributed by atoms with Gasteiger partial charge < -0.3 is 9.47 Å². The monoisotopic (exact) mass is 376 g/mol.